The quantitative estimate of drug-likeness (QED) is 0.714. The van der Waals surface area contributed by atoms with Gasteiger partial charge in [-0.2, -0.15) is 0 Å². The van der Waals surface area contributed by atoms with Crippen LogP contribution in [0, 0.1) is 11.6 Å². The number of nitrogens with zero attached hydrogens (tertiary/aromatic N) is 1. The van der Waals surface area contributed by atoms with Crippen molar-refractivity contribution in [2.24, 2.45) is 0 Å². The first-order valence-corrected chi connectivity index (χ1v) is 4.63. The molecular formula is C11H13F2NO. The monoisotopic (exact) mass is 213 g/mol. The van der Waals surface area contributed by atoms with E-state index in [0.717, 1.165) is 18.2 Å². The fraction of sp³-hybridized carbons (Fsp3) is 0.364. The molecule has 0 amide bonds. The summed E-state index contributed by atoms with van der Waals surface area (Å²) in [5.41, 5.74) is 0.0920. The van der Waals surface area contributed by atoms with Gasteiger partial charge in [-0.15, -0.1) is 0 Å². The summed E-state index contributed by atoms with van der Waals surface area (Å²) in [6.45, 7) is 0.566. The summed E-state index contributed by atoms with van der Waals surface area (Å²) in [5, 5.41) is 0. The Morgan fingerprint density at radius 3 is 2.20 bits per heavy atom. The molecule has 0 bridgehead atoms. The predicted molar refractivity (Wildman–Crippen MR) is 53.9 cm³/mol. The van der Waals surface area contributed by atoms with E-state index in [1.807, 2.05) is 19.0 Å². The SMILES string of the molecule is CN(C)CCC(=O)c1cc(F)cc(F)c1. The summed E-state index contributed by atoms with van der Waals surface area (Å²) < 4.78 is 25.6. The van der Waals surface area contributed by atoms with Crippen molar-refractivity contribution in [3.05, 3.63) is 35.4 Å². The molecular weight excluding hydrogens is 200 g/mol. The van der Waals surface area contributed by atoms with Gasteiger partial charge in [0.25, 0.3) is 0 Å². The molecule has 0 N–H and O–H groups in total. The van der Waals surface area contributed by atoms with Crippen LogP contribution in [0.1, 0.15) is 16.8 Å². The minimum atomic E-state index is -0.719. The zero-order valence-corrected chi connectivity index (χ0v) is 8.76. The van der Waals surface area contributed by atoms with Crippen LogP contribution >= 0.6 is 0 Å². The Bertz CT molecular complexity index is 343. The van der Waals surface area contributed by atoms with Crippen LogP contribution in [0.15, 0.2) is 18.2 Å². The van der Waals surface area contributed by atoms with Crippen LogP contribution in [0.3, 0.4) is 0 Å². The second kappa shape index (κ2) is 4.98. The van der Waals surface area contributed by atoms with E-state index >= 15 is 0 Å². The van der Waals surface area contributed by atoms with E-state index in [2.05, 4.69) is 0 Å². The zero-order valence-electron chi connectivity index (χ0n) is 8.76. The van der Waals surface area contributed by atoms with Crippen molar-refractivity contribution in [3.8, 4) is 0 Å². The normalized spacial score (nSPS) is 10.7. The number of benzene rings is 1. The molecule has 0 unspecified atom stereocenters. The van der Waals surface area contributed by atoms with Crippen LogP contribution in [-0.2, 0) is 0 Å². The van der Waals surface area contributed by atoms with Gasteiger partial charge in [0.1, 0.15) is 11.6 Å². The average Bonchev–Trinajstić information content (AvgIpc) is 2.12. The molecule has 0 fully saturated rings. The predicted octanol–water partition coefficient (Wildman–Crippen LogP) is 2.10. The Kier molecular flexibility index (Phi) is 3.91. The molecule has 1 aromatic rings. The molecule has 0 aliphatic carbocycles. The minimum Gasteiger partial charge on any atom is -0.309 e. The van der Waals surface area contributed by atoms with E-state index in [9.17, 15) is 13.6 Å². The van der Waals surface area contributed by atoms with Crippen LogP contribution < -0.4 is 0 Å². The van der Waals surface area contributed by atoms with E-state index in [-0.39, 0.29) is 17.8 Å². The number of Topliss-reactive ketones (excluding diaryl/α,β-unsaturated/α-hetero) is 1. The third kappa shape index (κ3) is 3.75. The molecule has 0 atom stereocenters. The van der Waals surface area contributed by atoms with Crippen LogP contribution in [0.2, 0.25) is 0 Å². The van der Waals surface area contributed by atoms with E-state index in [4.69, 9.17) is 0 Å². The lowest BCUT2D eigenvalue weighted by atomic mass is 10.1. The third-order valence-electron chi connectivity index (χ3n) is 1.97. The largest absolute Gasteiger partial charge is 0.309 e. The van der Waals surface area contributed by atoms with Gasteiger partial charge in [0, 0.05) is 24.6 Å². The second-order valence-corrected chi connectivity index (χ2v) is 3.63. The molecule has 0 radical (unpaired) electrons. The minimum absolute atomic E-state index is 0.0920. The fourth-order valence-corrected chi connectivity index (χ4v) is 1.18. The lowest BCUT2D eigenvalue weighted by Gasteiger charge is -2.08. The number of ketones is 1. The molecule has 15 heavy (non-hydrogen) atoms. The molecule has 0 aromatic heterocycles. The van der Waals surface area contributed by atoms with Crippen molar-refractivity contribution in [1.82, 2.24) is 4.90 Å². The maximum absolute atomic E-state index is 12.8. The lowest BCUT2D eigenvalue weighted by molar-refractivity contribution is 0.0971. The van der Waals surface area contributed by atoms with Gasteiger partial charge in [-0.25, -0.2) is 8.78 Å². The van der Waals surface area contributed by atoms with Crippen molar-refractivity contribution in [2.75, 3.05) is 20.6 Å². The lowest BCUT2D eigenvalue weighted by Crippen LogP contribution is -2.16. The molecule has 1 aromatic carbocycles. The van der Waals surface area contributed by atoms with Crippen molar-refractivity contribution < 1.29 is 13.6 Å². The van der Waals surface area contributed by atoms with Crippen molar-refractivity contribution in [2.45, 2.75) is 6.42 Å². The Morgan fingerprint density at radius 1 is 1.20 bits per heavy atom. The van der Waals surface area contributed by atoms with Crippen molar-refractivity contribution in [1.29, 1.82) is 0 Å². The third-order valence-corrected chi connectivity index (χ3v) is 1.97. The molecule has 0 saturated heterocycles. The number of halogens is 2. The van der Waals surface area contributed by atoms with Crippen LogP contribution in [0.25, 0.3) is 0 Å². The van der Waals surface area contributed by atoms with Gasteiger partial charge in [0.15, 0.2) is 5.78 Å². The van der Waals surface area contributed by atoms with E-state index in [1.165, 1.54) is 0 Å². The van der Waals surface area contributed by atoms with Crippen LogP contribution in [-0.4, -0.2) is 31.3 Å². The Morgan fingerprint density at radius 2 is 1.73 bits per heavy atom. The summed E-state index contributed by atoms with van der Waals surface area (Å²) >= 11 is 0. The van der Waals surface area contributed by atoms with E-state index < -0.39 is 11.6 Å². The summed E-state index contributed by atoms with van der Waals surface area (Å²) in [4.78, 5) is 13.3. The van der Waals surface area contributed by atoms with Gasteiger partial charge in [0.2, 0.25) is 0 Å². The zero-order chi connectivity index (χ0) is 11.4. The van der Waals surface area contributed by atoms with Gasteiger partial charge in [0.05, 0.1) is 0 Å². The number of hydrogen-bond donors (Lipinski definition) is 0. The summed E-state index contributed by atoms with van der Waals surface area (Å²) in [6, 6.07) is 2.87. The fourth-order valence-electron chi connectivity index (χ4n) is 1.18. The highest BCUT2D eigenvalue weighted by Gasteiger charge is 2.09. The summed E-state index contributed by atoms with van der Waals surface area (Å²) in [5.74, 6) is -1.69. The first kappa shape index (κ1) is 11.8. The molecule has 2 nitrogen and oxygen atoms in total. The van der Waals surface area contributed by atoms with Gasteiger partial charge in [-0.1, -0.05) is 0 Å². The van der Waals surface area contributed by atoms with Crippen LogP contribution in [0.4, 0.5) is 8.78 Å². The Hall–Kier alpha value is -1.29. The van der Waals surface area contributed by atoms with Gasteiger partial charge < -0.3 is 4.90 Å². The smallest absolute Gasteiger partial charge is 0.164 e. The number of carbonyl (C=O) groups excluding carboxylic acids is 1. The van der Waals surface area contributed by atoms with Gasteiger partial charge in [-0.3, -0.25) is 4.79 Å². The Labute approximate surface area is 87.5 Å². The second-order valence-electron chi connectivity index (χ2n) is 3.63. The maximum atomic E-state index is 12.8. The highest BCUT2D eigenvalue weighted by atomic mass is 19.1. The maximum Gasteiger partial charge on any atom is 0.164 e. The highest BCUT2D eigenvalue weighted by molar-refractivity contribution is 5.96. The van der Waals surface area contributed by atoms with Gasteiger partial charge in [-0.05, 0) is 26.2 Å². The molecule has 0 aliphatic heterocycles. The molecule has 4 heteroatoms. The van der Waals surface area contributed by atoms with Crippen molar-refractivity contribution in [3.63, 3.8) is 0 Å². The van der Waals surface area contributed by atoms with E-state index in [0.29, 0.717) is 6.54 Å². The molecule has 0 saturated carbocycles. The molecule has 0 spiro atoms. The average molecular weight is 213 g/mol. The highest BCUT2D eigenvalue weighted by Crippen LogP contribution is 2.10. The topological polar surface area (TPSA) is 20.3 Å². The van der Waals surface area contributed by atoms with E-state index in [1.54, 1.807) is 0 Å². The number of rotatable bonds is 4. The standard InChI is InChI=1S/C11H13F2NO/c1-14(2)4-3-11(15)8-5-9(12)7-10(13)6-8/h5-7H,3-4H2,1-2H3. The first-order chi connectivity index (χ1) is 6.99. The molecule has 0 aliphatic rings. The Balaban J connectivity index is 2.73. The molecule has 82 valence electrons. The van der Waals surface area contributed by atoms with Gasteiger partial charge >= 0.3 is 0 Å². The molecule has 0 heterocycles. The van der Waals surface area contributed by atoms with Crippen LogP contribution in [0.5, 0.6) is 0 Å². The van der Waals surface area contributed by atoms with Crippen molar-refractivity contribution >= 4 is 5.78 Å². The summed E-state index contributed by atoms with van der Waals surface area (Å²) in [7, 11) is 3.67. The number of hydrogen-bond acceptors (Lipinski definition) is 2. The number of carbonyl (C=O) groups is 1. The first-order valence-electron chi connectivity index (χ1n) is 4.63. The summed E-state index contributed by atoms with van der Waals surface area (Å²) in [6.07, 6.45) is 0.260. The molecule has 1 rings (SSSR count).